The van der Waals surface area contributed by atoms with E-state index < -0.39 is 30.3 Å². The summed E-state index contributed by atoms with van der Waals surface area (Å²) in [5.41, 5.74) is 0. The molecule has 0 aromatic carbocycles. The highest BCUT2D eigenvalue weighted by molar-refractivity contribution is 5.79. The lowest BCUT2D eigenvalue weighted by Crippen LogP contribution is -2.28. The Kier molecular flexibility index (Phi) is 7.65. The molecule has 0 spiro atoms. The second kappa shape index (κ2) is 8.98. The van der Waals surface area contributed by atoms with Gasteiger partial charge in [-0.25, -0.2) is 19.4 Å². The Balaban J connectivity index is 2.15. The van der Waals surface area contributed by atoms with E-state index in [0.717, 1.165) is 0 Å². The van der Waals surface area contributed by atoms with Crippen molar-refractivity contribution in [2.45, 2.75) is 63.3 Å². The summed E-state index contributed by atoms with van der Waals surface area (Å²) in [7, 11) is 0. The van der Waals surface area contributed by atoms with Crippen molar-refractivity contribution in [3.8, 4) is 0 Å². The van der Waals surface area contributed by atoms with Crippen LogP contribution in [0.3, 0.4) is 0 Å². The molecule has 0 aromatic rings. The summed E-state index contributed by atoms with van der Waals surface area (Å²) < 4.78 is 0. The minimum Gasteiger partial charge on any atom is -0.368 e. The van der Waals surface area contributed by atoms with Crippen LogP contribution in [0.5, 0.6) is 0 Å². The normalized spacial score (nSPS) is 15.9. The SMILES string of the molecule is O=C(CCCCC(O)O)OOC(=O)C1(CCCC(O)O)OO1. The van der Waals surface area contributed by atoms with Gasteiger partial charge in [0.15, 0.2) is 12.6 Å². The second-order valence-electron chi connectivity index (χ2n) is 4.84. The first kappa shape index (κ1) is 18.7. The molecule has 10 nitrogen and oxygen atoms in total. The van der Waals surface area contributed by atoms with Gasteiger partial charge in [-0.1, -0.05) is 0 Å². The smallest absolute Gasteiger partial charge is 0.368 e. The third-order valence-electron chi connectivity index (χ3n) is 2.87. The average Bonchev–Trinajstić information content (AvgIpc) is 3.21. The molecule has 0 saturated carbocycles. The summed E-state index contributed by atoms with van der Waals surface area (Å²) in [6.07, 6.45) is -1.81. The first-order valence-corrected chi connectivity index (χ1v) is 6.86. The van der Waals surface area contributed by atoms with Crippen molar-refractivity contribution in [3.05, 3.63) is 0 Å². The molecule has 1 aliphatic heterocycles. The van der Waals surface area contributed by atoms with E-state index in [0.29, 0.717) is 12.8 Å². The number of unbranched alkanes of at least 4 members (excludes halogenated alkanes) is 1. The number of carbonyl (C=O) groups is 2. The lowest BCUT2D eigenvalue weighted by atomic mass is 10.1. The number of rotatable bonds is 10. The summed E-state index contributed by atoms with van der Waals surface area (Å²) in [6, 6.07) is 0. The van der Waals surface area contributed by atoms with Gasteiger partial charge in [-0.3, -0.25) is 0 Å². The number of aliphatic hydroxyl groups excluding tert-OH is 2. The zero-order valence-electron chi connectivity index (χ0n) is 11.8. The van der Waals surface area contributed by atoms with Gasteiger partial charge in [-0.05, 0) is 32.1 Å². The van der Waals surface area contributed by atoms with E-state index in [4.69, 9.17) is 20.4 Å². The van der Waals surface area contributed by atoms with E-state index in [9.17, 15) is 9.59 Å². The molecule has 4 N–H and O–H groups in total. The molecule has 0 amide bonds. The van der Waals surface area contributed by atoms with Gasteiger partial charge in [-0.2, -0.15) is 9.78 Å². The molecular weight excluding hydrogens is 304 g/mol. The van der Waals surface area contributed by atoms with Gasteiger partial charge >= 0.3 is 17.7 Å². The van der Waals surface area contributed by atoms with Gasteiger partial charge in [0.05, 0.1) is 6.42 Å². The first-order chi connectivity index (χ1) is 10.4. The van der Waals surface area contributed by atoms with Crippen molar-refractivity contribution in [1.29, 1.82) is 0 Å². The maximum Gasteiger partial charge on any atom is 0.420 e. The van der Waals surface area contributed by atoms with Crippen molar-refractivity contribution < 1.29 is 49.6 Å². The number of hydrogen-bond donors (Lipinski definition) is 4. The molecule has 1 rings (SSSR count). The van der Waals surface area contributed by atoms with Crippen LogP contribution in [0, 0.1) is 0 Å². The third kappa shape index (κ3) is 7.11. The Bertz CT molecular complexity index is 363. The molecule has 0 unspecified atom stereocenters. The Morgan fingerprint density at radius 3 is 2.05 bits per heavy atom. The van der Waals surface area contributed by atoms with E-state index in [-0.39, 0.29) is 32.1 Å². The minimum atomic E-state index is -1.66. The van der Waals surface area contributed by atoms with Crippen LogP contribution in [0.1, 0.15) is 44.9 Å². The molecule has 1 saturated heterocycles. The highest BCUT2D eigenvalue weighted by Gasteiger charge is 2.59. The maximum absolute atomic E-state index is 11.6. The van der Waals surface area contributed by atoms with Crippen molar-refractivity contribution in [3.63, 3.8) is 0 Å². The van der Waals surface area contributed by atoms with Crippen LogP contribution in [-0.2, 0) is 29.1 Å². The molecule has 128 valence electrons. The van der Waals surface area contributed by atoms with Crippen molar-refractivity contribution in [2.24, 2.45) is 0 Å². The Hall–Kier alpha value is -1.30. The van der Waals surface area contributed by atoms with Gasteiger partial charge in [-0.15, -0.1) is 0 Å². The highest BCUT2D eigenvalue weighted by atomic mass is 17.4. The van der Waals surface area contributed by atoms with E-state index in [2.05, 4.69) is 19.6 Å². The topological polar surface area (TPSA) is 159 Å². The molecule has 0 aromatic heterocycles. The standard InChI is InChI=1S/C12H20O10/c13-8(14)4-1-2-6-10(17)19-20-11(18)12(21-22-12)7-3-5-9(15)16/h8-9,13-16H,1-7H2. The van der Waals surface area contributed by atoms with E-state index in [1.807, 2.05) is 0 Å². The summed E-state index contributed by atoms with van der Waals surface area (Å²) in [4.78, 5) is 40.5. The van der Waals surface area contributed by atoms with E-state index >= 15 is 0 Å². The molecule has 1 heterocycles. The molecule has 1 aliphatic rings. The molecule has 0 atom stereocenters. The summed E-state index contributed by atoms with van der Waals surface area (Å²) in [5, 5.41) is 34.6. The van der Waals surface area contributed by atoms with Crippen LogP contribution < -0.4 is 0 Å². The van der Waals surface area contributed by atoms with Gasteiger partial charge in [0, 0.05) is 6.42 Å². The number of aliphatic hydroxyl groups is 4. The summed E-state index contributed by atoms with van der Waals surface area (Å²) >= 11 is 0. The summed E-state index contributed by atoms with van der Waals surface area (Å²) in [6.45, 7) is 0. The molecule has 1 fully saturated rings. The van der Waals surface area contributed by atoms with Crippen LogP contribution >= 0.6 is 0 Å². The molecule has 0 bridgehead atoms. The fourth-order valence-electron chi connectivity index (χ4n) is 1.61. The highest BCUT2D eigenvalue weighted by Crippen LogP contribution is 2.36. The van der Waals surface area contributed by atoms with Crippen LogP contribution in [0.2, 0.25) is 0 Å². The predicted octanol–water partition coefficient (Wildman–Crippen LogP) is -1.00. The quantitative estimate of drug-likeness (QED) is 0.129. The number of hydrogen-bond acceptors (Lipinski definition) is 10. The lowest BCUT2D eigenvalue weighted by Gasteiger charge is -2.07. The zero-order chi connectivity index (χ0) is 16.6. The van der Waals surface area contributed by atoms with Crippen molar-refractivity contribution >= 4 is 11.9 Å². The first-order valence-electron chi connectivity index (χ1n) is 6.86. The van der Waals surface area contributed by atoms with Crippen LogP contribution in [-0.4, -0.2) is 50.7 Å². The largest absolute Gasteiger partial charge is 0.420 e. The average molecular weight is 324 g/mol. The summed E-state index contributed by atoms with van der Waals surface area (Å²) in [5.74, 6) is -3.49. The number of carbonyl (C=O) groups excluding carboxylic acids is 2. The third-order valence-corrected chi connectivity index (χ3v) is 2.87. The Morgan fingerprint density at radius 1 is 0.909 bits per heavy atom. The predicted molar refractivity (Wildman–Crippen MR) is 65.9 cm³/mol. The van der Waals surface area contributed by atoms with Gasteiger partial charge in [0.1, 0.15) is 0 Å². The van der Waals surface area contributed by atoms with E-state index in [1.54, 1.807) is 0 Å². The fourth-order valence-corrected chi connectivity index (χ4v) is 1.61. The van der Waals surface area contributed by atoms with Gasteiger partial charge in [0.2, 0.25) is 0 Å². The van der Waals surface area contributed by atoms with Crippen molar-refractivity contribution in [2.75, 3.05) is 0 Å². The van der Waals surface area contributed by atoms with Crippen molar-refractivity contribution in [1.82, 2.24) is 0 Å². The van der Waals surface area contributed by atoms with Crippen LogP contribution in [0.4, 0.5) is 0 Å². The lowest BCUT2D eigenvalue weighted by molar-refractivity contribution is -0.264. The Morgan fingerprint density at radius 2 is 1.50 bits per heavy atom. The van der Waals surface area contributed by atoms with E-state index in [1.165, 1.54) is 0 Å². The second-order valence-corrected chi connectivity index (χ2v) is 4.84. The minimum absolute atomic E-state index is 0.0232. The zero-order valence-corrected chi connectivity index (χ0v) is 11.8. The van der Waals surface area contributed by atoms with Crippen LogP contribution in [0.25, 0.3) is 0 Å². The molecular formula is C12H20O10. The Labute approximate surface area is 126 Å². The molecule has 0 aliphatic carbocycles. The van der Waals surface area contributed by atoms with Gasteiger partial charge in [0.25, 0.3) is 0 Å². The molecule has 10 heteroatoms. The van der Waals surface area contributed by atoms with Crippen LogP contribution in [0.15, 0.2) is 0 Å². The monoisotopic (exact) mass is 324 g/mol. The van der Waals surface area contributed by atoms with Gasteiger partial charge < -0.3 is 20.4 Å². The maximum atomic E-state index is 11.6. The fraction of sp³-hybridized carbons (Fsp3) is 0.833. The molecule has 22 heavy (non-hydrogen) atoms. The molecule has 0 radical (unpaired) electrons.